The van der Waals surface area contributed by atoms with Crippen LogP contribution in [0.2, 0.25) is 0 Å². The highest BCUT2D eigenvalue weighted by Gasteiger charge is 2.51. The Balaban J connectivity index is 1.72. The van der Waals surface area contributed by atoms with Crippen LogP contribution in [-0.4, -0.2) is 55.5 Å². The SMILES string of the molecule is CCP1(=O)O[C@H]2O[C@@H](n3c(SCCO)nc4c(=O)[nH]c(N)nc43)C[C@@H]2O1. The number of imidazole rings is 1. The van der Waals surface area contributed by atoms with Crippen LogP contribution in [0.5, 0.6) is 0 Å². The third kappa shape index (κ3) is 2.96. The molecule has 0 spiro atoms. The first-order valence-electron chi connectivity index (χ1n) is 8.07. The van der Waals surface area contributed by atoms with Crippen molar-refractivity contribution < 1.29 is 23.5 Å². The van der Waals surface area contributed by atoms with Gasteiger partial charge in [0.15, 0.2) is 22.6 Å². The maximum Gasteiger partial charge on any atom is 0.333 e. The van der Waals surface area contributed by atoms with Gasteiger partial charge in [-0.25, -0.2) is 4.98 Å². The van der Waals surface area contributed by atoms with Crippen LogP contribution >= 0.6 is 19.4 Å². The highest BCUT2D eigenvalue weighted by Crippen LogP contribution is 2.60. The fraction of sp³-hybridized carbons (Fsp3) is 0.615. The third-order valence-electron chi connectivity index (χ3n) is 4.12. The van der Waals surface area contributed by atoms with Crippen LogP contribution in [0.15, 0.2) is 9.95 Å². The lowest BCUT2D eigenvalue weighted by atomic mass is 10.2. The summed E-state index contributed by atoms with van der Waals surface area (Å²) >= 11 is 1.26. The molecule has 2 aromatic rings. The lowest BCUT2D eigenvalue weighted by Crippen LogP contribution is -2.16. The second kappa shape index (κ2) is 6.63. The maximum atomic E-state index is 12.2. The van der Waals surface area contributed by atoms with Gasteiger partial charge in [0.1, 0.15) is 12.3 Å². The zero-order valence-electron chi connectivity index (χ0n) is 13.8. The Kier molecular flexibility index (Phi) is 4.58. The number of aromatic nitrogens is 4. The molecule has 2 aliphatic heterocycles. The molecule has 142 valence electrons. The minimum atomic E-state index is -3.10. The third-order valence-corrected chi connectivity index (χ3v) is 6.95. The number of aliphatic hydroxyl groups excluding tert-OH is 1. The Bertz CT molecular complexity index is 929. The second-order valence-corrected chi connectivity index (χ2v) is 9.17. The molecule has 2 aromatic heterocycles. The molecule has 0 amide bonds. The summed E-state index contributed by atoms with van der Waals surface area (Å²) in [5.74, 6) is 0.345. The molecule has 2 aliphatic rings. The summed E-state index contributed by atoms with van der Waals surface area (Å²) in [5, 5.41) is 9.57. The van der Waals surface area contributed by atoms with E-state index in [0.717, 1.165) is 0 Å². The average Bonchev–Trinajstić information content (AvgIpc) is 3.22. The van der Waals surface area contributed by atoms with Gasteiger partial charge in [0.25, 0.3) is 5.56 Å². The van der Waals surface area contributed by atoms with Gasteiger partial charge in [0.2, 0.25) is 5.95 Å². The van der Waals surface area contributed by atoms with Crippen molar-refractivity contribution in [2.45, 2.75) is 37.1 Å². The summed E-state index contributed by atoms with van der Waals surface area (Å²) in [6.45, 7) is 1.67. The van der Waals surface area contributed by atoms with Crippen molar-refractivity contribution in [2.24, 2.45) is 0 Å². The first-order valence-corrected chi connectivity index (χ1v) is 10.8. The summed E-state index contributed by atoms with van der Waals surface area (Å²) in [6, 6.07) is 0. The van der Waals surface area contributed by atoms with E-state index >= 15 is 0 Å². The number of H-pyrrole nitrogens is 1. The number of hydrogen-bond donors (Lipinski definition) is 3. The van der Waals surface area contributed by atoms with Crippen LogP contribution < -0.4 is 11.3 Å². The van der Waals surface area contributed by atoms with E-state index in [4.69, 9.17) is 24.6 Å². The average molecular weight is 403 g/mol. The molecule has 2 saturated heterocycles. The molecule has 4 rings (SSSR count). The molecular weight excluding hydrogens is 385 g/mol. The lowest BCUT2D eigenvalue weighted by molar-refractivity contribution is -0.0953. The minimum Gasteiger partial charge on any atom is -0.396 e. The first kappa shape index (κ1) is 18.0. The number of nitrogen functional groups attached to an aromatic ring is 1. The first-order chi connectivity index (χ1) is 12.4. The predicted molar refractivity (Wildman–Crippen MR) is 93.0 cm³/mol. The normalized spacial score (nSPS) is 30.9. The molecule has 11 nitrogen and oxygen atoms in total. The van der Waals surface area contributed by atoms with Gasteiger partial charge >= 0.3 is 7.60 Å². The van der Waals surface area contributed by atoms with E-state index in [0.29, 0.717) is 17.3 Å². The molecule has 0 radical (unpaired) electrons. The van der Waals surface area contributed by atoms with Gasteiger partial charge in [-0.1, -0.05) is 18.7 Å². The predicted octanol–water partition coefficient (Wildman–Crippen LogP) is 0.660. The van der Waals surface area contributed by atoms with Crippen molar-refractivity contribution in [3.63, 3.8) is 0 Å². The topological polar surface area (TPSA) is 155 Å². The zero-order chi connectivity index (χ0) is 18.5. The molecule has 1 unspecified atom stereocenters. The Morgan fingerprint density at radius 3 is 2.96 bits per heavy atom. The maximum absolute atomic E-state index is 12.2. The summed E-state index contributed by atoms with van der Waals surface area (Å²) in [5.41, 5.74) is 5.61. The van der Waals surface area contributed by atoms with Crippen LogP contribution in [0.4, 0.5) is 5.95 Å². The Morgan fingerprint density at radius 2 is 2.27 bits per heavy atom. The number of nitrogens with one attached hydrogen (secondary N) is 1. The molecule has 26 heavy (non-hydrogen) atoms. The molecule has 2 fully saturated rings. The van der Waals surface area contributed by atoms with Crippen LogP contribution in [0, 0.1) is 0 Å². The molecule has 0 bridgehead atoms. The van der Waals surface area contributed by atoms with Gasteiger partial charge in [-0.2, -0.15) is 4.98 Å². The molecule has 0 saturated carbocycles. The summed E-state index contributed by atoms with van der Waals surface area (Å²) in [7, 11) is -3.10. The lowest BCUT2D eigenvalue weighted by Gasteiger charge is -2.18. The monoisotopic (exact) mass is 403 g/mol. The summed E-state index contributed by atoms with van der Waals surface area (Å²) in [4.78, 5) is 23.0. The number of nitrogens with zero attached hydrogens (tertiary/aromatic N) is 3. The Hall–Kier alpha value is -1.43. The standard InChI is InChI=1S/C13H18N5O6PS/c1-2-25(21)23-6-5-7(22-11(6)24-25)18-9-8(10(20)17-12(14)16-9)15-13(18)26-4-3-19/h6-7,11,19H,2-5H2,1H3,(H3,14,16,17,20)/t6-,7+,11+,25?/m0/s1. The Labute approximate surface area is 151 Å². The van der Waals surface area contributed by atoms with Gasteiger partial charge < -0.3 is 15.6 Å². The van der Waals surface area contributed by atoms with Crippen LogP contribution in [0.25, 0.3) is 11.2 Å². The molecule has 4 atom stereocenters. The number of ether oxygens (including phenoxy) is 1. The van der Waals surface area contributed by atoms with Crippen molar-refractivity contribution in [1.82, 2.24) is 19.5 Å². The smallest absolute Gasteiger partial charge is 0.333 e. The molecule has 0 aromatic carbocycles. The summed E-state index contributed by atoms with van der Waals surface area (Å²) < 4.78 is 30.8. The van der Waals surface area contributed by atoms with Crippen molar-refractivity contribution >= 4 is 36.5 Å². The van der Waals surface area contributed by atoms with Crippen LogP contribution in [0.1, 0.15) is 19.6 Å². The largest absolute Gasteiger partial charge is 0.396 e. The fourth-order valence-electron chi connectivity index (χ4n) is 2.98. The van der Waals surface area contributed by atoms with Crippen molar-refractivity contribution in [3.05, 3.63) is 10.4 Å². The second-order valence-electron chi connectivity index (χ2n) is 5.83. The van der Waals surface area contributed by atoms with Gasteiger partial charge in [-0.05, 0) is 0 Å². The number of fused-ring (bicyclic) bond motifs is 2. The van der Waals surface area contributed by atoms with Gasteiger partial charge in [0.05, 0.1) is 6.61 Å². The molecular formula is C13H18N5O6PS. The van der Waals surface area contributed by atoms with Gasteiger partial charge in [-0.15, -0.1) is 0 Å². The number of aliphatic hydroxyl groups is 1. The zero-order valence-corrected chi connectivity index (χ0v) is 15.5. The van der Waals surface area contributed by atoms with E-state index in [-0.39, 0.29) is 29.9 Å². The fourth-order valence-corrected chi connectivity index (χ4v) is 5.20. The molecule has 13 heteroatoms. The molecule has 4 N–H and O–H groups in total. The quantitative estimate of drug-likeness (QED) is 0.479. The van der Waals surface area contributed by atoms with E-state index in [2.05, 4.69) is 15.0 Å². The van der Waals surface area contributed by atoms with Gasteiger partial charge in [-0.3, -0.25) is 28.0 Å². The van der Waals surface area contributed by atoms with E-state index in [1.807, 2.05) is 0 Å². The number of rotatable bonds is 5. The van der Waals surface area contributed by atoms with E-state index < -0.39 is 31.8 Å². The number of nitrogens with two attached hydrogens (primary N) is 1. The van der Waals surface area contributed by atoms with E-state index in [9.17, 15) is 9.36 Å². The number of hydrogen-bond acceptors (Lipinski definition) is 10. The summed E-state index contributed by atoms with van der Waals surface area (Å²) in [6.07, 6.45) is -1.17. The highest BCUT2D eigenvalue weighted by atomic mass is 32.2. The number of anilines is 1. The van der Waals surface area contributed by atoms with Gasteiger partial charge in [0, 0.05) is 18.3 Å². The van der Waals surface area contributed by atoms with Crippen molar-refractivity contribution in [3.8, 4) is 0 Å². The highest BCUT2D eigenvalue weighted by molar-refractivity contribution is 7.99. The van der Waals surface area contributed by atoms with Crippen molar-refractivity contribution in [1.29, 1.82) is 0 Å². The van der Waals surface area contributed by atoms with Crippen LogP contribution in [-0.2, 0) is 18.3 Å². The van der Waals surface area contributed by atoms with Crippen LogP contribution in [0.3, 0.4) is 0 Å². The molecule has 4 heterocycles. The number of thioether (sulfide) groups is 1. The van der Waals surface area contributed by atoms with Crippen molar-refractivity contribution in [2.75, 3.05) is 24.3 Å². The van der Waals surface area contributed by atoms with E-state index in [1.54, 1.807) is 11.5 Å². The minimum absolute atomic E-state index is 0.0384. The number of aromatic amines is 1. The molecule has 0 aliphatic carbocycles. The van der Waals surface area contributed by atoms with E-state index in [1.165, 1.54) is 11.8 Å². The Morgan fingerprint density at radius 1 is 1.46 bits per heavy atom.